The molecule has 122 valence electrons. The van der Waals surface area contributed by atoms with Crippen molar-refractivity contribution in [3.63, 3.8) is 0 Å². The molecule has 0 atom stereocenters. The number of benzene rings is 1. The molecule has 1 aromatic heterocycles. The average molecular weight is 351 g/mol. The second-order valence-electron chi connectivity index (χ2n) is 5.53. The Hall–Kier alpha value is -1.47. The molecule has 0 unspecified atom stereocenters. The number of hydrogen-bond donors (Lipinski definition) is 1. The maximum Gasteiger partial charge on any atom is 0.273 e. The van der Waals surface area contributed by atoms with Gasteiger partial charge in [-0.3, -0.25) is 9.69 Å². The van der Waals surface area contributed by atoms with Crippen LogP contribution < -0.4 is 5.73 Å². The van der Waals surface area contributed by atoms with Gasteiger partial charge in [0.1, 0.15) is 10.7 Å². The van der Waals surface area contributed by atoms with Gasteiger partial charge in [0.05, 0.1) is 0 Å². The van der Waals surface area contributed by atoms with Gasteiger partial charge in [-0.25, -0.2) is 4.98 Å². The molecular weight excluding hydrogens is 332 g/mol. The fourth-order valence-electron chi connectivity index (χ4n) is 2.67. The quantitative estimate of drug-likeness (QED) is 0.918. The number of nitrogens with zero attached hydrogens (tertiary/aromatic N) is 3. The van der Waals surface area contributed by atoms with E-state index in [1.54, 1.807) is 5.38 Å². The summed E-state index contributed by atoms with van der Waals surface area (Å²) >= 11 is 7.46. The molecule has 0 saturated carbocycles. The molecule has 5 nitrogen and oxygen atoms in total. The van der Waals surface area contributed by atoms with Gasteiger partial charge in [-0.2, -0.15) is 0 Å². The van der Waals surface area contributed by atoms with E-state index in [1.165, 1.54) is 16.9 Å². The van der Waals surface area contributed by atoms with Gasteiger partial charge in [0, 0.05) is 49.7 Å². The SMILES string of the molecule is NCc1nc(C(=O)N2CCN(Cc3cccc(Cl)c3)CC2)cs1. The first kappa shape index (κ1) is 16.4. The van der Waals surface area contributed by atoms with Crippen LogP contribution in [0, 0.1) is 0 Å². The van der Waals surface area contributed by atoms with E-state index in [4.69, 9.17) is 17.3 Å². The summed E-state index contributed by atoms with van der Waals surface area (Å²) in [4.78, 5) is 20.9. The van der Waals surface area contributed by atoms with E-state index >= 15 is 0 Å². The Morgan fingerprint density at radius 3 is 2.74 bits per heavy atom. The van der Waals surface area contributed by atoms with Crippen molar-refractivity contribution in [1.29, 1.82) is 0 Å². The number of carbonyl (C=O) groups excluding carboxylic acids is 1. The number of amides is 1. The zero-order valence-electron chi connectivity index (χ0n) is 12.7. The highest BCUT2D eigenvalue weighted by molar-refractivity contribution is 7.09. The Kier molecular flexibility index (Phi) is 5.27. The molecular formula is C16H19ClN4OS. The topological polar surface area (TPSA) is 62.5 Å². The average Bonchev–Trinajstić information content (AvgIpc) is 3.04. The maximum atomic E-state index is 12.4. The summed E-state index contributed by atoms with van der Waals surface area (Å²) in [6.45, 7) is 4.38. The highest BCUT2D eigenvalue weighted by atomic mass is 35.5. The zero-order valence-corrected chi connectivity index (χ0v) is 14.3. The molecule has 0 aliphatic carbocycles. The number of rotatable bonds is 4. The Morgan fingerprint density at radius 2 is 2.09 bits per heavy atom. The summed E-state index contributed by atoms with van der Waals surface area (Å²) in [6, 6.07) is 7.91. The van der Waals surface area contributed by atoms with Crippen molar-refractivity contribution in [2.45, 2.75) is 13.1 Å². The van der Waals surface area contributed by atoms with E-state index in [-0.39, 0.29) is 5.91 Å². The second-order valence-corrected chi connectivity index (χ2v) is 6.91. The first-order valence-electron chi connectivity index (χ1n) is 7.56. The van der Waals surface area contributed by atoms with Crippen molar-refractivity contribution in [3.05, 3.63) is 50.9 Å². The van der Waals surface area contributed by atoms with E-state index in [9.17, 15) is 4.79 Å². The lowest BCUT2D eigenvalue weighted by Gasteiger charge is -2.34. The van der Waals surface area contributed by atoms with Crippen LogP contribution in [-0.2, 0) is 13.1 Å². The maximum absolute atomic E-state index is 12.4. The summed E-state index contributed by atoms with van der Waals surface area (Å²) in [7, 11) is 0. The van der Waals surface area contributed by atoms with Crippen LogP contribution in [0.1, 0.15) is 21.1 Å². The van der Waals surface area contributed by atoms with E-state index in [0.29, 0.717) is 12.2 Å². The molecule has 0 radical (unpaired) electrons. The molecule has 3 rings (SSSR count). The molecule has 1 aliphatic heterocycles. The van der Waals surface area contributed by atoms with Crippen LogP contribution in [0.25, 0.3) is 0 Å². The van der Waals surface area contributed by atoms with Crippen molar-refractivity contribution < 1.29 is 4.79 Å². The smallest absolute Gasteiger partial charge is 0.273 e. The van der Waals surface area contributed by atoms with Gasteiger partial charge >= 0.3 is 0 Å². The number of thiazole rings is 1. The molecule has 7 heteroatoms. The minimum Gasteiger partial charge on any atom is -0.335 e. The second kappa shape index (κ2) is 7.40. The van der Waals surface area contributed by atoms with E-state index in [0.717, 1.165) is 42.8 Å². The van der Waals surface area contributed by atoms with Crippen LogP contribution in [0.5, 0.6) is 0 Å². The Morgan fingerprint density at radius 1 is 1.30 bits per heavy atom. The van der Waals surface area contributed by atoms with Crippen LogP contribution in [0.4, 0.5) is 0 Å². The molecule has 1 saturated heterocycles. The van der Waals surface area contributed by atoms with Crippen LogP contribution in [0.15, 0.2) is 29.6 Å². The highest BCUT2D eigenvalue weighted by Crippen LogP contribution is 2.16. The molecule has 1 aromatic carbocycles. The number of nitrogens with two attached hydrogens (primary N) is 1. The van der Waals surface area contributed by atoms with Gasteiger partial charge in [0.2, 0.25) is 0 Å². The highest BCUT2D eigenvalue weighted by Gasteiger charge is 2.23. The predicted molar refractivity (Wildman–Crippen MR) is 92.6 cm³/mol. The summed E-state index contributed by atoms with van der Waals surface area (Å²) in [5.41, 5.74) is 7.26. The van der Waals surface area contributed by atoms with Gasteiger partial charge < -0.3 is 10.6 Å². The first-order valence-corrected chi connectivity index (χ1v) is 8.82. The minimum absolute atomic E-state index is 0.00311. The Bertz CT molecular complexity index is 682. The van der Waals surface area contributed by atoms with E-state index in [2.05, 4.69) is 16.0 Å². The van der Waals surface area contributed by atoms with Crippen LogP contribution in [-0.4, -0.2) is 46.9 Å². The largest absolute Gasteiger partial charge is 0.335 e. The number of halogens is 1. The van der Waals surface area contributed by atoms with Crippen LogP contribution in [0.3, 0.4) is 0 Å². The minimum atomic E-state index is 0.00311. The lowest BCUT2D eigenvalue weighted by Crippen LogP contribution is -2.48. The molecule has 1 aliphatic rings. The summed E-state index contributed by atoms with van der Waals surface area (Å²) < 4.78 is 0. The monoisotopic (exact) mass is 350 g/mol. The molecule has 2 aromatic rings. The van der Waals surface area contributed by atoms with Gasteiger partial charge in [-0.1, -0.05) is 23.7 Å². The fourth-order valence-corrected chi connectivity index (χ4v) is 3.53. The molecule has 0 spiro atoms. The first-order chi connectivity index (χ1) is 11.2. The van der Waals surface area contributed by atoms with Gasteiger partial charge in [-0.05, 0) is 17.7 Å². The zero-order chi connectivity index (χ0) is 16.2. The summed E-state index contributed by atoms with van der Waals surface area (Å²) in [5.74, 6) is 0.00311. The number of hydrogen-bond acceptors (Lipinski definition) is 5. The third-order valence-electron chi connectivity index (χ3n) is 3.90. The van der Waals surface area contributed by atoms with Crippen molar-refractivity contribution in [3.8, 4) is 0 Å². The summed E-state index contributed by atoms with van der Waals surface area (Å²) in [5, 5.41) is 3.35. The van der Waals surface area contributed by atoms with Crippen molar-refractivity contribution in [1.82, 2.24) is 14.8 Å². The normalized spacial score (nSPS) is 15.8. The van der Waals surface area contributed by atoms with Gasteiger partial charge in [0.25, 0.3) is 5.91 Å². The van der Waals surface area contributed by atoms with E-state index < -0.39 is 0 Å². The molecule has 2 N–H and O–H groups in total. The molecule has 23 heavy (non-hydrogen) atoms. The van der Waals surface area contributed by atoms with Crippen LogP contribution in [0.2, 0.25) is 5.02 Å². The van der Waals surface area contributed by atoms with Gasteiger partial charge in [-0.15, -0.1) is 11.3 Å². The Balaban J connectivity index is 1.54. The molecule has 1 fully saturated rings. The Labute approximate surface area is 144 Å². The number of piperazine rings is 1. The van der Waals surface area contributed by atoms with E-state index in [1.807, 2.05) is 23.1 Å². The van der Waals surface area contributed by atoms with Gasteiger partial charge in [0.15, 0.2) is 0 Å². The molecule has 1 amide bonds. The number of aromatic nitrogens is 1. The molecule has 0 bridgehead atoms. The predicted octanol–water partition coefficient (Wildman–Crippen LogP) is 2.21. The van der Waals surface area contributed by atoms with Crippen LogP contribution >= 0.6 is 22.9 Å². The van der Waals surface area contributed by atoms with Crippen molar-refractivity contribution in [2.24, 2.45) is 5.73 Å². The fraction of sp³-hybridized carbons (Fsp3) is 0.375. The third kappa shape index (κ3) is 4.09. The summed E-state index contributed by atoms with van der Waals surface area (Å²) in [6.07, 6.45) is 0. The molecule has 2 heterocycles. The lowest BCUT2D eigenvalue weighted by molar-refractivity contribution is 0.0623. The third-order valence-corrected chi connectivity index (χ3v) is 5.01. The standard InChI is InChI=1S/C16H19ClN4OS/c17-13-3-1-2-12(8-13)10-20-4-6-21(7-5-20)16(22)14-11-23-15(9-18)19-14/h1-3,8,11H,4-7,9-10,18H2. The van der Waals surface area contributed by atoms with Crippen molar-refractivity contribution >= 4 is 28.8 Å². The number of carbonyl (C=O) groups is 1. The lowest BCUT2D eigenvalue weighted by atomic mass is 10.2. The van der Waals surface area contributed by atoms with Crippen molar-refractivity contribution in [2.75, 3.05) is 26.2 Å².